The van der Waals surface area contributed by atoms with Crippen LogP contribution < -0.4 is 5.32 Å². The lowest BCUT2D eigenvalue weighted by Gasteiger charge is -2.40. The van der Waals surface area contributed by atoms with Gasteiger partial charge in [-0.1, -0.05) is 268 Å². The molecule has 0 aromatic heterocycles. The van der Waals surface area contributed by atoms with E-state index >= 15 is 0 Å². The molecule has 9 heteroatoms. The van der Waals surface area contributed by atoms with Gasteiger partial charge in [0.1, 0.15) is 24.4 Å². The van der Waals surface area contributed by atoms with E-state index in [-0.39, 0.29) is 12.5 Å². The van der Waals surface area contributed by atoms with Crippen molar-refractivity contribution in [3.05, 3.63) is 48.6 Å². The minimum absolute atomic E-state index is 0.182. The van der Waals surface area contributed by atoms with Crippen LogP contribution in [0.1, 0.15) is 284 Å². The van der Waals surface area contributed by atoms with Crippen LogP contribution in [-0.2, 0) is 14.3 Å². The molecule has 0 aromatic rings. The number of carbonyl (C=O) groups is 1. The van der Waals surface area contributed by atoms with Crippen LogP contribution in [0.2, 0.25) is 0 Å². The molecule has 1 aliphatic rings. The lowest BCUT2D eigenvalue weighted by molar-refractivity contribution is -0.302. The van der Waals surface area contributed by atoms with Crippen molar-refractivity contribution in [3.8, 4) is 0 Å². The van der Waals surface area contributed by atoms with Crippen molar-refractivity contribution in [2.75, 3.05) is 13.2 Å². The van der Waals surface area contributed by atoms with Crippen molar-refractivity contribution in [3.63, 3.8) is 0 Å². The largest absolute Gasteiger partial charge is 0.394 e. The molecule has 1 aliphatic heterocycles. The highest BCUT2D eigenvalue weighted by atomic mass is 16.7. The Labute approximate surface area is 437 Å². The van der Waals surface area contributed by atoms with Gasteiger partial charge in [-0.3, -0.25) is 4.79 Å². The summed E-state index contributed by atoms with van der Waals surface area (Å²) < 4.78 is 11.3. The first-order valence-corrected chi connectivity index (χ1v) is 30.4. The number of aliphatic hydroxyl groups excluding tert-OH is 5. The Morgan fingerprint density at radius 2 is 0.831 bits per heavy atom. The molecule has 71 heavy (non-hydrogen) atoms. The van der Waals surface area contributed by atoms with Crippen LogP contribution in [-0.4, -0.2) is 87.5 Å². The number of hydrogen-bond donors (Lipinski definition) is 6. The van der Waals surface area contributed by atoms with Crippen LogP contribution in [0.15, 0.2) is 48.6 Å². The topological polar surface area (TPSA) is 149 Å². The van der Waals surface area contributed by atoms with E-state index in [1.807, 2.05) is 6.08 Å². The molecule has 1 amide bonds. The third-order valence-electron chi connectivity index (χ3n) is 14.4. The molecule has 0 saturated carbocycles. The molecule has 1 fully saturated rings. The Morgan fingerprint density at radius 3 is 1.23 bits per heavy atom. The standard InChI is InChI=1S/C62H115NO8/c1-3-5-7-9-11-13-15-17-19-21-23-25-27-28-30-31-33-35-37-39-41-43-45-47-49-51-56(65)55(54-70-62-61(69)60(68)59(67)57(53-64)71-62)63-58(66)52-50-48-46-44-42-40-38-36-34-32-29-26-24-22-20-18-16-14-12-10-8-6-4-2/h16,18,22,24,29,32,49,51,55-57,59-62,64-65,67-69H,3-15,17,19-21,23,25-28,30-31,33-48,50,52-54H2,1-2H3,(H,63,66)/b18-16-,24-22-,32-29-,51-49+. The molecule has 0 aromatic carbocycles. The third kappa shape index (κ3) is 41.1. The highest BCUT2D eigenvalue weighted by Crippen LogP contribution is 2.23. The number of ether oxygens (including phenoxy) is 2. The van der Waals surface area contributed by atoms with Gasteiger partial charge in [0.2, 0.25) is 5.91 Å². The highest BCUT2D eigenvalue weighted by molar-refractivity contribution is 5.76. The van der Waals surface area contributed by atoms with Gasteiger partial charge in [0.15, 0.2) is 6.29 Å². The van der Waals surface area contributed by atoms with Crippen LogP contribution in [0.3, 0.4) is 0 Å². The number of unbranched alkanes of at least 4 members (excludes halogenated alkanes) is 36. The first-order chi connectivity index (χ1) is 34.8. The fourth-order valence-electron chi connectivity index (χ4n) is 9.58. The van der Waals surface area contributed by atoms with Crippen LogP contribution >= 0.6 is 0 Å². The zero-order valence-electron chi connectivity index (χ0n) is 46.2. The third-order valence-corrected chi connectivity index (χ3v) is 14.4. The average molecular weight is 1000 g/mol. The van der Waals surface area contributed by atoms with Crippen molar-refractivity contribution in [2.24, 2.45) is 0 Å². The predicted octanol–water partition coefficient (Wildman–Crippen LogP) is 15.3. The summed E-state index contributed by atoms with van der Waals surface area (Å²) in [4.78, 5) is 13.1. The Bertz CT molecular complexity index is 1250. The van der Waals surface area contributed by atoms with Gasteiger partial charge in [-0.2, -0.15) is 0 Å². The Balaban J connectivity index is 2.22. The van der Waals surface area contributed by atoms with E-state index in [2.05, 4.69) is 55.6 Å². The zero-order chi connectivity index (χ0) is 51.5. The number of amides is 1. The molecule has 1 saturated heterocycles. The molecule has 0 aliphatic carbocycles. The maximum absolute atomic E-state index is 13.1. The molecule has 6 N–H and O–H groups in total. The van der Waals surface area contributed by atoms with Gasteiger partial charge in [-0.25, -0.2) is 0 Å². The number of allylic oxidation sites excluding steroid dienone is 7. The van der Waals surface area contributed by atoms with Gasteiger partial charge in [0.05, 0.1) is 25.4 Å². The number of hydrogen-bond acceptors (Lipinski definition) is 8. The Hall–Kier alpha value is -1.85. The van der Waals surface area contributed by atoms with Gasteiger partial charge >= 0.3 is 0 Å². The van der Waals surface area contributed by atoms with Gasteiger partial charge in [0.25, 0.3) is 0 Å². The Kier molecular flexibility index (Phi) is 48.8. The van der Waals surface area contributed by atoms with Crippen LogP contribution in [0, 0.1) is 0 Å². The summed E-state index contributed by atoms with van der Waals surface area (Å²) in [6, 6.07) is -0.811. The summed E-state index contributed by atoms with van der Waals surface area (Å²) in [5.41, 5.74) is 0. The van der Waals surface area contributed by atoms with Crippen molar-refractivity contribution < 1.29 is 39.8 Å². The lowest BCUT2D eigenvalue weighted by Crippen LogP contribution is -2.60. The molecule has 9 nitrogen and oxygen atoms in total. The average Bonchev–Trinajstić information content (AvgIpc) is 3.37. The van der Waals surface area contributed by atoms with Crippen molar-refractivity contribution >= 4 is 5.91 Å². The van der Waals surface area contributed by atoms with E-state index in [1.165, 1.54) is 199 Å². The van der Waals surface area contributed by atoms with Crippen molar-refractivity contribution in [2.45, 2.75) is 326 Å². The van der Waals surface area contributed by atoms with E-state index < -0.39 is 49.5 Å². The molecular formula is C62H115NO8. The molecule has 0 bridgehead atoms. The molecular weight excluding hydrogens is 887 g/mol. The van der Waals surface area contributed by atoms with Gasteiger partial charge < -0.3 is 40.3 Å². The van der Waals surface area contributed by atoms with Crippen LogP contribution in [0.4, 0.5) is 0 Å². The van der Waals surface area contributed by atoms with Crippen LogP contribution in [0.25, 0.3) is 0 Å². The monoisotopic (exact) mass is 1000 g/mol. The molecule has 416 valence electrons. The molecule has 0 spiro atoms. The number of carbonyl (C=O) groups excluding carboxylic acids is 1. The Morgan fingerprint density at radius 1 is 0.479 bits per heavy atom. The number of aliphatic hydroxyl groups is 5. The summed E-state index contributed by atoms with van der Waals surface area (Å²) >= 11 is 0. The highest BCUT2D eigenvalue weighted by Gasteiger charge is 2.44. The minimum atomic E-state index is -1.57. The first-order valence-electron chi connectivity index (χ1n) is 30.4. The predicted molar refractivity (Wildman–Crippen MR) is 299 cm³/mol. The fourth-order valence-corrected chi connectivity index (χ4v) is 9.58. The number of rotatable bonds is 52. The van der Waals surface area contributed by atoms with Gasteiger partial charge in [-0.05, 0) is 57.8 Å². The first kappa shape index (κ1) is 67.2. The molecule has 1 heterocycles. The summed E-state index contributed by atoms with van der Waals surface area (Å²) in [6.45, 7) is 3.79. The SMILES string of the molecule is CCCCCCC/C=C\C/C=C\C/C=C\CCCCCCCCCCC(=O)NC(COC1OC(CO)C(O)C(O)C1O)C(O)/C=C/CCCCCCCCCCCCCCCCCCCCCCCCC. The van der Waals surface area contributed by atoms with Crippen molar-refractivity contribution in [1.82, 2.24) is 5.32 Å². The van der Waals surface area contributed by atoms with E-state index in [1.54, 1.807) is 6.08 Å². The lowest BCUT2D eigenvalue weighted by atomic mass is 9.99. The van der Waals surface area contributed by atoms with Gasteiger partial charge in [0, 0.05) is 6.42 Å². The van der Waals surface area contributed by atoms with Crippen molar-refractivity contribution in [1.29, 1.82) is 0 Å². The summed E-state index contributed by atoms with van der Waals surface area (Å²) in [7, 11) is 0. The summed E-state index contributed by atoms with van der Waals surface area (Å²) in [6.07, 6.45) is 61.8. The second-order valence-electron chi connectivity index (χ2n) is 21.1. The molecule has 7 unspecified atom stereocenters. The quantitative estimate of drug-likeness (QED) is 0.0261. The van der Waals surface area contributed by atoms with Gasteiger partial charge in [-0.15, -0.1) is 0 Å². The zero-order valence-corrected chi connectivity index (χ0v) is 46.2. The molecule has 1 rings (SSSR count). The number of nitrogens with one attached hydrogen (secondary N) is 1. The fraction of sp³-hybridized carbons (Fsp3) is 0.855. The smallest absolute Gasteiger partial charge is 0.220 e. The van der Waals surface area contributed by atoms with Crippen LogP contribution in [0.5, 0.6) is 0 Å². The molecule has 7 atom stereocenters. The minimum Gasteiger partial charge on any atom is -0.394 e. The second kappa shape index (κ2) is 51.6. The van der Waals surface area contributed by atoms with E-state index in [0.29, 0.717) is 6.42 Å². The maximum Gasteiger partial charge on any atom is 0.220 e. The van der Waals surface area contributed by atoms with E-state index in [9.17, 15) is 30.3 Å². The second-order valence-corrected chi connectivity index (χ2v) is 21.1. The van der Waals surface area contributed by atoms with E-state index in [0.717, 1.165) is 64.2 Å². The molecule has 0 radical (unpaired) electrons. The maximum atomic E-state index is 13.1. The normalized spacial score (nSPS) is 19.6. The summed E-state index contributed by atoms with van der Waals surface area (Å²) in [5.74, 6) is -0.182. The summed E-state index contributed by atoms with van der Waals surface area (Å²) in [5, 5.41) is 54.6. The van der Waals surface area contributed by atoms with E-state index in [4.69, 9.17) is 9.47 Å².